The van der Waals surface area contributed by atoms with Gasteiger partial charge in [-0.3, -0.25) is 0 Å². The molecule has 0 radical (unpaired) electrons. The van der Waals surface area contributed by atoms with Crippen molar-refractivity contribution in [2.45, 2.75) is 45.6 Å². The third-order valence-corrected chi connectivity index (χ3v) is 6.06. The van der Waals surface area contributed by atoms with Crippen molar-refractivity contribution < 1.29 is 8.42 Å². The highest BCUT2D eigenvalue weighted by molar-refractivity contribution is 7.88. The average molecular weight is 394 g/mol. The smallest absolute Gasteiger partial charge is 0.211 e. The Balaban J connectivity index is 2.03. The predicted octanol–water partition coefficient (Wildman–Crippen LogP) is 5.74. The van der Waals surface area contributed by atoms with Crippen LogP contribution in [-0.2, 0) is 16.6 Å². The molecule has 0 N–H and O–H groups in total. The van der Waals surface area contributed by atoms with Crippen molar-refractivity contribution in [2.24, 2.45) is 0 Å². The van der Waals surface area contributed by atoms with Gasteiger partial charge in [-0.25, -0.2) is 8.42 Å². The maximum absolute atomic E-state index is 12.1. The molecule has 2 aromatic rings. The van der Waals surface area contributed by atoms with Crippen molar-refractivity contribution in [1.82, 2.24) is 4.31 Å². The lowest BCUT2D eigenvalue weighted by molar-refractivity contribution is 0.395. The monoisotopic (exact) mass is 393 g/mol. The van der Waals surface area contributed by atoms with E-state index in [1.165, 1.54) is 25.5 Å². The number of hydrogen-bond acceptors (Lipinski definition) is 2. The normalized spacial score (nSPS) is 11.8. The molecular formula is C21H28ClNO2S. The number of benzene rings is 2. The molecule has 0 bridgehead atoms. The second kappa shape index (κ2) is 10.1. The lowest BCUT2D eigenvalue weighted by Gasteiger charge is -2.20. The van der Waals surface area contributed by atoms with Crippen LogP contribution in [0.5, 0.6) is 0 Å². The molecule has 0 aliphatic heterocycles. The highest BCUT2D eigenvalue weighted by atomic mass is 35.5. The van der Waals surface area contributed by atoms with E-state index in [1.807, 2.05) is 48.5 Å². The first-order valence-corrected chi connectivity index (χ1v) is 11.4. The molecule has 26 heavy (non-hydrogen) atoms. The van der Waals surface area contributed by atoms with Crippen molar-refractivity contribution in [3.63, 3.8) is 0 Å². The van der Waals surface area contributed by atoms with Gasteiger partial charge in [-0.1, -0.05) is 86.7 Å². The maximum atomic E-state index is 12.1. The molecular weight excluding hydrogens is 366 g/mol. The van der Waals surface area contributed by atoms with E-state index >= 15 is 0 Å². The van der Waals surface area contributed by atoms with Gasteiger partial charge in [0.2, 0.25) is 10.0 Å². The van der Waals surface area contributed by atoms with E-state index < -0.39 is 10.0 Å². The minimum atomic E-state index is -3.21. The SMILES string of the molecule is CCCCCCCN(Cc1ccc(-c2ccccc2Cl)cc1)S(C)(=O)=O. The topological polar surface area (TPSA) is 37.4 Å². The van der Waals surface area contributed by atoms with Crippen molar-refractivity contribution in [2.75, 3.05) is 12.8 Å². The summed E-state index contributed by atoms with van der Waals surface area (Å²) in [4.78, 5) is 0. The fourth-order valence-corrected chi connectivity index (χ4v) is 4.03. The molecule has 0 aliphatic rings. The Bertz CT molecular complexity index is 788. The summed E-state index contributed by atoms with van der Waals surface area (Å²) in [7, 11) is -3.21. The molecule has 0 saturated carbocycles. The molecule has 0 aliphatic carbocycles. The minimum Gasteiger partial charge on any atom is -0.212 e. The molecule has 0 atom stereocenters. The molecule has 0 amide bonds. The van der Waals surface area contributed by atoms with E-state index in [0.717, 1.165) is 29.5 Å². The van der Waals surface area contributed by atoms with Crippen molar-refractivity contribution in [3.05, 3.63) is 59.1 Å². The highest BCUT2D eigenvalue weighted by Gasteiger charge is 2.16. The van der Waals surface area contributed by atoms with Crippen molar-refractivity contribution in [1.29, 1.82) is 0 Å². The van der Waals surface area contributed by atoms with Gasteiger partial charge in [0.1, 0.15) is 0 Å². The second-order valence-electron chi connectivity index (χ2n) is 6.69. The first-order valence-electron chi connectivity index (χ1n) is 9.20. The molecule has 0 aromatic heterocycles. The van der Waals surface area contributed by atoms with Gasteiger partial charge in [0.25, 0.3) is 0 Å². The van der Waals surface area contributed by atoms with Crippen LogP contribution in [0.25, 0.3) is 11.1 Å². The summed E-state index contributed by atoms with van der Waals surface area (Å²) in [5.41, 5.74) is 3.00. The molecule has 5 heteroatoms. The van der Waals surface area contributed by atoms with E-state index in [9.17, 15) is 8.42 Å². The highest BCUT2D eigenvalue weighted by Crippen LogP contribution is 2.27. The molecule has 0 unspecified atom stereocenters. The van der Waals surface area contributed by atoms with Crippen molar-refractivity contribution in [3.8, 4) is 11.1 Å². The minimum absolute atomic E-state index is 0.412. The molecule has 2 aromatic carbocycles. The van der Waals surface area contributed by atoms with Crippen LogP contribution >= 0.6 is 11.6 Å². The molecule has 0 fully saturated rings. The molecule has 3 nitrogen and oxygen atoms in total. The van der Waals surface area contributed by atoms with Crippen LogP contribution in [0.15, 0.2) is 48.5 Å². The Morgan fingerprint density at radius 3 is 2.19 bits per heavy atom. The zero-order chi connectivity index (χ0) is 19.0. The Morgan fingerprint density at radius 2 is 1.58 bits per heavy atom. The van der Waals surface area contributed by atoms with E-state index in [-0.39, 0.29) is 0 Å². The van der Waals surface area contributed by atoms with E-state index in [4.69, 9.17) is 11.6 Å². The van der Waals surface area contributed by atoms with Crippen LogP contribution in [0, 0.1) is 0 Å². The van der Waals surface area contributed by atoms with Crippen LogP contribution in [0.4, 0.5) is 0 Å². The largest absolute Gasteiger partial charge is 0.212 e. The first kappa shape index (κ1) is 20.9. The summed E-state index contributed by atoms with van der Waals surface area (Å²) in [6.45, 7) is 3.17. The standard InChI is InChI=1S/C21H28ClNO2S/c1-3-4-5-6-9-16-23(26(2,24)25)17-18-12-14-19(15-13-18)20-10-7-8-11-21(20)22/h7-8,10-15H,3-6,9,16-17H2,1-2H3. The predicted molar refractivity (Wildman–Crippen MR) is 111 cm³/mol. The molecule has 0 saturated heterocycles. The summed E-state index contributed by atoms with van der Waals surface area (Å²) < 4.78 is 25.8. The molecule has 0 spiro atoms. The lowest BCUT2D eigenvalue weighted by Crippen LogP contribution is -2.30. The van der Waals surface area contributed by atoms with Gasteiger partial charge in [-0.05, 0) is 23.6 Å². The third-order valence-electron chi connectivity index (χ3n) is 4.48. The van der Waals surface area contributed by atoms with Gasteiger partial charge in [-0.15, -0.1) is 0 Å². The van der Waals surface area contributed by atoms with Crippen LogP contribution in [0.3, 0.4) is 0 Å². The Morgan fingerprint density at radius 1 is 0.923 bits per heavy atom. The van der Waals surface area contributed by atoms with E-state index in [2.05, 4.69) is 6.92 Å². The zero-order valence-corrected chi connectivity index (χ0v) is 17.2. The van der Waals surface area contributed by atoms with Crippen LogP contribution in [0.1, 0.15) is 44.6 Å². The van der Waals surface area contributed by atoms with E-state index in [0.29, 0.717) is 18.1 Å². The summed E-state index contributed by atoms with van der Waals surface area (Å²) in [6, 6.07) is 15.7. The second-order valence-corrected chi connectivity index (χ2v) is 9.08. The van der Waals surface area contributed by atoms with Crippen molar-refractivity contribution >= 4 is 21.6 Å². The Labute approximate surface area is 163 Å². The fraction of sp³-hybridized carbons (Fsp3) is 0.429. The molecule has 2 rings (SSSR count). The number of sulfonamides is 1. The first-order chi connectivity index (χ1) is 12.4. The van der Waals surface area contributed by atoms with Gasteiger partial charge >= 0.3 is 0 Å². The summed E-state index contributed by atoms with van der Waals surface area (Å²) in [5, 5.41) is 0.713. The maximum Gasteiger partial charge on any atom is 0.211 e. The van der Waals surface area contributed by atoms with Gasteiger partial charge in [0.05, 0.1) is 6.26 Å². The lowest BCUT2D eigenvalue weighted by atomic mass is 10.0. The summed E-state index contributed by atoms with van der Waals surface area (Å²) in [5.74, 6) is 0. The van der Waals surface area contributed by atoms with Gasteiger partial charge < -0.3 is 0 Å². The van der Waals surface area contributed by atoms with Gasteiger partial charge in [0.15, 0.2) is 0 Å². The number of nitrogens with zero attached hydrogens (tertiary/aromatic N) is 1. The summed E-state index contributed by atoms with van der Waals surface area (Å²) >= 11 is 6.25. The summed E-state index contributed by atoms with van der Waals surface area (Å²) in [6.07, 6.45) is 6.84. The number of halogens is 1. The van der Waals surface area contributed by atoms with Crippen LogP contribution in [0.2, 0.25) is 5.02 Å². The van der Waals surface area contributed by atoms with E-state index in [1.54, 1.807) is 4.31 Å². The number of unbranched alkanes of at least 4 members (excludes halogenated alkanes) is 4. The third kappa shape index (κ3) is 6.42. The quantitative estimate of drug-likeness (QED) is 0.482. The van der Waals surface area contributed by atoms with Crippen LogP contribution < -0.4 is 0 Å². The molecule has 0 heterocycles. The molecule has 142 valence electrons. The van der Waals surface area contributed by atoms with Crippen LogP contribution in [-0.4, -0.2) is 25.5 Å². The number of rotatable bonds is 10. The Kier molecular flexibility index (Phi) is 8.14. The fourth-order valence-electron chi connectivity index (χ4n) is 2.94. The zero-order valence-electron chi connectivity index (χ0n) is 15.6. The van der Waals surface area contributed by atoms with Gasteiger partial charge in [-0.2, -0.15) is 4.31 Å². The van der Waals surface area contributed by atoms with Gasteiger partial charge in [0, 0.05) is 23.7 Å². The Hall–Kier alpha value is -1.36. The average Bonchev–Trinajstić information content (AvgIpc) is 2.61. The number of hydrogen-bond donors (Lipinski definition) is 0.